The maximum absolute atomic E-state index is 5.47. The van der Waals surface area contributed by atoms with E-state index < -0.39 is 0 Å². The van der Waals surface area contributed by atoms with Gasteiger partial charge >= 0.3 is 0 Å². The van der Waals surface area contributed by atoms with Gasteiger partial charge in [0.05, 0.1) is 12.8 Å². The summed E-state index contributed by atoms with van der Waals surface area (Å²) in [6, 6.07) is 8.13. The molecule has 0 aliphatic carbocycles. The number of hydrogen-bond acceptors (Lipinski definition) is 3. The van der Waals surface area contributed by atoms with Crippen LogP contribution >= 0.6 is 15.9 Å². The maximum Gasteiger partial charge on any atom is 0.142 e. The van der Waals surface area contributed by atoms with Crippen molar-refractivity contribution >= 4 is 27.4 Å². The van der Waals surface area contributed by atoms with Crippen LogP contribution in [0.5, 0.6) is 5.75 Å². The van der Waals surface area contributed by atoms with E-state index in [2.05, 4.69) is 46.9 Å². The molecule has 0 bridgehead atoms. The number of hydrogen-bond donors (Lipinski definition) is 0. The van der Waals surface area contributed by atoms with E-state index in [-0.39, 0.29) is 0 Å². The van der Waals surface area contributed by atoms with Crippen LogP contribution in [0.2, 0.25) is 0 Å². The van der Waals surface area contributed by atoms with Crippen LogP contribution in [0, 0.1) is 13.8 Å². The van der Waals surface area contributed by atoms with Crippen LogP contribution < -0.4 is 9.64 Å². The lowest BCUT2D eigenvalue weighted by atomic mass is 10.1. The molecule has 1 aromatic heterocycles. The molecule has 2 aromatic rings. The molecule has 0 saturated carbocycles. The van der Waals surface area contributed by atoms with Crippen molar-refractivity contribution in [2.24, 2.45) is 0 Å². The molecule has 3 nitrogen and oxygen atoms in total. The van der Waals surface area contributed by atoms with Crippen molar-refractivity contribution in [2.75, 3.05) is 19.1 Å². The lowest BCUT2D eigenvalue weighted by molar-refractivity contribution is 0.415. The van der Waals surface area contributed by atoms with Crippen LogP contribution in [-0.2, 0) is 0 Å². The Kier molecular flexibility index (Phi) is 4.10. The molecule has 0 amide bonds. The number of nitrogens with zero attached hydrogens (tertiary/aromatic N) is 2. The Labute approximate surface area is 122 Å². The van der Waals surface area contributed by atoms with Crippen LogP contribution in [0.15, 0.2) is 34.9 Å². The standard InChI is InChI=1S/C15H17BrN2O/c1-10-7-13(14(19-4)8-11(10)2)18(3)15-6-5-12(16)9-17-15/h5-9H,1-4H3. The minimum Gasteiger partial charge on any atom is -0.495 e. The van der Waals surface area contributed by atoms with E-state index in [0.717, 1.165) is 21.7 Å². The van der Waals surface area contributed by atoms with Crippen LogP contribution in [0.3, 0.4) is 0 Å². The monoisotopic (exact) mass is 320 g/mol. The smallest absolute Gasteiger partial charge is 0.142 e. The van der Waals surface area contributed by atoms with Crippen molar-refractivity contribution < 1.29 is 4.74 Å². The fraction of sp³-hybridized carbons (Fsp3) is 0.267. The summed E-state index contributed by atoms with van der Waals surface area (Å²) in [5.41, 5.74) is 3.47. The first kappa shape index (κ1) is 13.9. The van der Waals surface area contributed by atoms with Gasteiger partial charge < -0.3 is 9.64 Å². The van der Waals surface area contributed by atoms with E-state index in [1.807, 2.05) is 24.1 Å². The lowest BCUT2D eigenvalue weighted by Crippen LogP contribution is -2.12. The Morgan fingerprint density at radius 3 is 2.42 bits per heavy atom. The van der Waals surface area contributed by atoms with Gasteiger partial charge in [0.15, 0.2) is 0 Å². The van der Waals surface area contributed by atoms with Crippen LogP contribution in [0.4, 0.5) is 11.5 Å². The van der Waals surface area contributed by atoms with Gasteiger partial charge in [0.25, 0.3) is 0 Å². The van der Waals surface area contributed by atoms with Gasteiger partial charge in [-0.25, -0.2) is 4.98 Å². The number of halogens is 1. The first-order valence-electron chi connectivity index (χ1n) is 6.03. The molecular weight excluding hydrogens is 304 g/mol. The lowest BCUT2D eigenvalue weighted by Gasteiger charge is -2.22. The number of aryl methyl sites for hydroxylation is 2. The van der Waals surface area contributed by atoms with Crippen LogP contribution in [-0.4, -0.2) is 19.1 Å². The second-order valence-corrected chi connectivity index (χ2v) is 5.42. The third-order valence-corrected chi connectivity index (χ3v) is 3.68. The second-order valence-electron chi connectivity index (χ2n) is 4.50. The third-order valence-electron chi connectivity index (χ3n) is 3.21. The van der Waals surface area contributed by atoms with Gasteiger partial charge in [-0.1, -0.05) is 0 Å². The minimum atomic E-state index is 0.857. The van der Waals surface area contributed by atoms with Gasteiger partial charge in [-0.05, 0) is 65.2 Å². The van der Waals surface area contributed by atoms with Crippen molar-refractivity contribution in [3.63, 3.8) is 0 Å². The largest absolute Gasteiger partial charge is 0.495 e. The highest BCUT2D eigenvalue weighted by Crippen LogP contribution is 2.34. The number of pyridine rings is 1. The van der Waals surface area contributed by atoms with Crippen molar-refractivity contribution in [2.45, 2.75) is 13.8 Å². The molecule has 1 aromatic carbocycles. The molecule has 0 radical (unpaired) electrons. The van der Waals surface area contributed by atoms with Crippen LogP contribution in [0.25, 0.3) is 0 Å². The Hall–Kier alpha value is -1.55. The van der Waals surface area contributed by atoms with Crippen molar-refractivity contribution in [1.29, 1.82) is 0 Å². The topological polar surface area (TPSA) is 25.4 Å². The van der Waals surface area contributed by atoms with E-state index >= 15 is 0 Å². The number of anilines is 2. The minimum absolute atomic E-state index is 0.857. The first-order valence-corrected chi connectivity index (χ1v) is 6.82. The first-order chi connectivity index (χ1) is 9.02. The molecule has 0 unspecified atom stereocenters. The Balaban J connectivity index is 2.45. The predicted octanol–water partition coefficient (Wildman–Crippen LogP) is 4.24. The van der Waals surface area contributed by atoms with Gasteiger partial charge in [0, 0.05) is 17.7 Å². The number of rotatable bonds is 3. The van der Waals surface area contributed by atoms with E-state index in [1.165, 1.54) is 11.1 Å². The molecule has 19 heavy (non-hydrogen) atoms. The zero-order valence-corrected chi connectivity index (χ0v) is 13.2. The highest BCUT2D eigenvalue weighted by atomic mass is 79.9. The zero-order valence-electron chi connectivity index (χ0n) is 11.6. The van der Waals surface area contributed by atoms with Crippen LogP contribution in [0.1, 0.15) is 11.1 Å². The Morgan fingerprint density at radius 1 is 1.16 bits per heavy atom. The zero-order chi connectivity index (χ0) is 14.0. The number of benzene rings is 1. The number of methoxy groups -OCH3 is 1. The average molecular weight is 321 g/mol. The Bertz CT molecular complexity index is 581. The molecule has 0 aliphatic heterocycles. The number of aromatic nitrogens is 1. The quantitative estimate of drug-likeness (QED) is 0.845. The summed E-state index contributed by atoms with van der Waals surface area (Å²) in [6.07, 6.45) is 1.79. The average Bonchev–Trinajstić information content (AvgIpc) is 2.41. The SMILES string of the molecule is COc1cc(C)c(C)cc1N(C)c1ccc(Br)cn1. The Morgan fingerprint density at radius 2 is 1.84 bits per heavy atom. The van der Waals surface area contributed by atoms with E-state index in [9.17, 15) is 0 Å². The van der Waals surface area contributed by atoms with E-state index in [4.69, 9.17) is 4.74 Å². The van der Waals surface area contributed by atoms with Gasteiger partial charge in [-0.2, -0.15) is 0 Å². The van der Waals surface area contributed by atoms with Crippen molar-refractivity contribution in [1.82, 2.24) is 4.98 Å². The van der Waals surface area contributed by atoms with E-state index in [0.29, 0.717) is 0 Å². The summed E-state index contributed by atoms with van der Waals surface area (Å²) in [7, 11) is 3.68. The summed E-state index contributed by atoms with van der Waals surface area (Å²) in [6.45, 7) is 4.18. The highest BCUT2D eigenvalue weighted by molar-refractivity contribution is 9.10. The van der Waals surface area contributed by atoms with Gasteiger partial charge in [0.2, 0.25) is 0 Å². The molecule has 2 rings (SSSR count). The molecular formula is C15H17BrN2O. The molecule has 0 atom stereocenters. The molecule has 0 fully saturated rings. The summed E-state index contributed by atoms with van der Waals surface area (Å²) in [5.74, 6) is 1.74. The molecule has 0 aliphatic rings. The molecule has 0 saturated heterocycles. The summed E-state index contributed by atoms with van der Waals surface area (Å²) in [5, 5.41) is 0. The summed E-state index contributed by atoms with van der Waals surface area (Å²) in [4.78, 5) is 6.43. The predicted molar refractivity (Wildman–Crippen MR) is 82.5 cm³/mol. The van der Waals surface area contributed by atoms with Gasteiger partial charge in [-0.15, -0.1) is 0 Å². The molecule has 1 heterocycles. The number of ether oxygens (including phenoxy) is 1. The summed E-state index contributed by atoms with van der Waals surface area (Å²) < 4.78 is 6.44. The fourth-order valence-electron chi connectivity index (χ4n) is 1.89. The second kappa shape index (κ2) is 5.61. The highest BCUT2D eigenvalue weighted by Gasteiger charge is 2.12. The van der Waals surface area contributed by atoms with Gasteiger partial charge in [0.1, 0.15) is 11.6 Å². The summed E-state index contributed by atoms with van der Waals surface area (Å²) >= 11 is 3.39. The molecule has 100 valence electrons. The fourth-order valence-corrected chi connectivity index (χ4v) is 2.12. The molecule has 4 heteroatoms. The van der Waals surface area contributed by atoms with E-state index in [1.54, 1.807) is 13.3 Å². The maximum atomic E-state index is 5.47. The molecule has 0 spiro atoms. The normalized spacial score (nSPS) is 10.4. The van der Waals surface area contributed by atoms with Crippen molar-refractivity contribution in [3.8, 4) is 5.75 Å². The molecule has 0 N–H and O–H groups in total. The van der Waals surface area contributed by atoms with Crippen molar-refractivity contribution in [3.05, 3.63) is 46.1 Å². The third kappa shape index (κ3) is 2.89. The van der Waals surface area contributed by atoms with Gasteiger partial charge in [-0.3, -0.25) is 0 Å².